The van der Waals surface area contributed by atoms with Crippen molar-refractivity contribution in [1.82, 2.24) is 15.3 Å². The van der Waals surface area contributed by atoms with Crippen molar-refractivity contribution in [2.45, 2.75) is 38.8 Å². The van der Waals surface area contributed by atoms with E-state index in [1.807, 2.05) is 38.1 Å². The van der Waals surface area contributed by atoms with Gasteiger partial charge < -0.3 is 21.3 Å². The molecule has 1 aromatic carbocycles. The van der Waals surface area contributed by atoms with Crippen LogP contribution in [0.1, 0.15) is 35.8 Å². The second kappa shape index (κ2) is 8.72. The number of primary amides is 1. The molecule has 8 nitrogen and oxygen atoms in total. The molecule has 0 aliphatic carbocycles. The van der Waals surface area contributed by atoms with Gasteiger partial charge >= 0.3 is 0 Å². The van der Waals surface area contributed by atoms with Crippen LogP contribution >= 0.6 is 0 Å². The van der Waals surface area contributed by atoms with Crippen molar-refractivity contribution in [1.29, 1.82) is 0 Å². The fourth-order valence-corrected chi connectivity index (χ4v) is 3.55. The Labute approximate surface area is 170 Å². The molecule has 0 unspecified atom stereocenters. The lowest BCUT2D eigenvalue weighted by Gasteiger charge is -2.40. The molecule has 2 aromatic rings. The lowest BCUT2D eigenvalue weighted by molar-refractivity contribution is -0.117. The summed E-state index contributed by atoms with van der Waals surface area (Å²) >= 11 is 0. The summed E-state index contributed by atoms with van der Waals surface area (Å²) in [6.07, 6.45) is 4.59. The van der Waals surface area contributed by atoms with E-state index < -0.39 is 5.91 Å². The summed E-state index contributed by atoms with van der Waals surface area (Å²) in [6, 6.07) is 7.71. The molecule has 2 amide bonds. The molecule has 152 valence electrons. The van der Waals surface area contributed by atoms with E-state index in [0.717, 1.165) is 30.6 Å². The molecule has 0 radical (unpaired) electrons. The molecule has 3 rings (SSSR count). The molecule has 29 heavy (non-hydrogen) atoms. The number of hydrogen-bond donors (Lipinski definition) is 3. The summed E-state index contributed by atoms with van der Waals surface area (Å²) in [5.41, 5.74) is 7.44. The van der Waals surface area contributed by atoms with Gasteiger partial charge in [-0.2, -0.15) is 0 Å². The van der Waals surface area contributed by atoms with Crippen LogP contribution in [0, 0.1) is 6.92 Å². The Morgan fingerprint density at radius 1 is 1.38 bits per heavy atom. The Morgan fingerprint density at radius 3 is 2.86 bits per heavy atom. The number of aromatic nitrogens is 2. The number of nitrogens with two attached hydrogens (primary N) is 1. The molecule has 4 N–H and O–H groups in total. The third kappa shape index (κ3) is 4.71. The van der Waals surface area contributed by atoms with E-state index in [0.29, 0.717) is 11.6 Å². The number of aryl methyl sites for hydroxylation is 1. The molecule has 1 saturated heterocycles. The minimum absolute atomic E-state index is 0.00759. The van der Waals surface area contributed by atoms with Crippen LogP contribution in [-0.2, 0) is 4.79 Å². The fourth-order valence-electron chi connectivity index (χ4n) is 3.55. The third-order valence-electron chi connectivity index (χ3n) is 5.07. The highest BCUT2D eigenvalue weighted by atomic mass is 16.2. The zero-order chi connectivity index (χ0) is 21.0. The van der Waals surface area contributed by atoms with Crippen molar-refractivity contribution in [3.63, 3.8) is 0 Å². The van der Waals surface area contributed by atoms with Gasteiger partial charge in [0.1, 0.15) is 5.82 Å². The third-order valence-corrected chi connectivity index (χ3v) is 5.07. The highest BCUT2D eigenvalue weighted by Crippen LogP contribution is 2.26. The van der Waals surface area contributed by atoms with E-state index in [1.165, 1.54) is 6.08 Å². The largest absolute Gasteiger partial charge is 0.364 e. The lowest BCUT2D eigenvalue weighted by atomic mass is 9.97. The van der Waals surface area contributed by atoms with Crippen LogP contribution in [0.4, 0.5) is 17.3 Å². The molecule has 2 atom stereocenters. The maximum absolute atomic E-state index is 11.8. The van der Waals surface area contributed by atoms with E-state index in [2.05, 4.69) is 32.1 Å². The summed E-state index contributed by atoms with van der Waals surface area (Å²) in [5.74, 6) is 0.0861. The molecule has 1 fully saturated rings. The molecular formula is C21H26N6O2. The van der Waals surface area contributed by atoms with Gasteiger partial charge in [0.05, 0.1) is 6.20 Å². The number of rotatable bonds is 6. The first kappa shape index (κ1) is 20.3. The lowest BCUT2D eigenvalue weighted by Crippen LogP contribution is -2.54. The Balaban J connectivity index is 1.90. The summed E-state index contributed by atoms with van der Waals surface area (Å²) in [7, 11) is 0. The van der Waals surface area contributed by atoms with Gasteiger partial charge in [-0.1, -0.05) is 18.7 Å². The average molecular weight is 394 g/mol. The summed E-state index contributed by atoms with van der Waals surface area (Å²) in [4.78, 5) is 34.6. The predicted octanol–water partition coefficient (Wildman–Crippen LogP) is 2.29. The monoisotopic (exact) mass is 394 g/mol. The maximum atomic E-state index is 11.8. The summed E-state index contributed by atoms with van der Waals surface area (Å²) in [6.45, 7) is 8.30. The number of hydrogen-bond acceptors (Lipinski definition) is 6. The Hall–Kier alpha value is -3.42. The number of amides is 2. The molecule has 0 spiro atoms. The van der Waals surface area contributed by atoms with Crippen molar-refractivity contribution in [2.75, 3.05) is 16.8 Å². The second-order valence-electron chi connectivity index (χ2n) is 7.18. The fraction of sp³-hybridized carbons (Fsp3) is 0.333. The van der Waals surface area contributed by atoms with E-state index in [4.69, 9.17) is 5.73 Å². The van der Waals surface area contributed by atoms with Crippen LogP contribution in [0.5, 0.6) is 0 Å². The minimum Gasteiger partial charge on any atom is -0.364 e. The number of nitrogens with one attached hydrogen (secondary N) is 2. The molecule has 2 heterocycles. The Kier molecular flexibility index (Phi) is 6.11. The highest BCUT2D eigenvalue weighted by molar-refractivity contribution is 5.96. The molecule has 8 heteroatoms. The molecule has 0 saturated carbocycles. The number of nitrogens with zero attached hydrogens (tertiary/aromatic N) is 3. The number of piperidine rings is 1. The quantitative estimate of drug-likeness (QED) is 0.648. The number of benzene rings is 1. The minimum atomic E-state index is -0.651. The van der Waals surface area contributed by atoms with Crippen molar-refractivity contribution in [3.05, 3.63) is 54.4 Å². The smallest absolute Gasteiger partial charge is 0.271 e. The van der Waals surface area contributed by atoms with Gasteiger partial charge in [-0.15, -0.1) is 0 Å². The first-order chi connectivity index (χ1) is 13.9. The van der Waals surface area contributed by atoms with Gasteiger partial charge in [0, 0.05) is 24.3 Å². The normalized spacial score (nSPS) is 18.8. The van der Waals surface area contributed by atoms with Crippen LogP contribution in [-0.4, -0.2) is 40.4 Å². The van der Waals surface area contributed by atoms with Gasteiger partial charge in [0.15, 0.2) is 11.5 Å². The van der Waals surface area contributed by atoms with Gasteiger partial charge in [-0.25, -0.2) is 9.97 Å². The molecule has 0 bridgehead atoms. The summed E-state index contributed by atoms with van der Waals surface area (Å²) < 4.78 is 0. The standard InChI is InChI=1S/C21H26N6O2/c1-4-18(28)25-16-9-6-10-27(14(16)3)17-12-23-19(20(22)29)21(26-17)24-15-8-5-7-13(2)11-15/h4-5,7-8,11-12,14,16H,1,6,9-10H2,2-3H3,(H2,22,29)(H,24,26)(H,25,28)/t14-,16-/m1/s1. The van der Waals surface area contributed by atoms with Crippen molar-refractivity contribution >= 4 is 29.1 Å². The van der Waals surface area contributed by atoms with E-state index in [9.17, 15) is 9.59 Å². The van der Waals surface area contributed by atoms with E-state index >= 15 is 0 Å². The zero-order valence-corrected chi connectivity index (χ0v) is 16.7. The SMILES string of the molecule is C=CC(=O)N[C@@H]1CCCN(c2cnc(C(N)=O)c(Nc3cccc(C)c3)n2)[C@@H]1C. The molecule has 1 aliphatic heterocycles. The Bertz CT molecular complexity index is 929. The molecule has 1 aliphatic rings. The van der Waals surface area contributed by atoms with Crippen LogP contribution in [0.25, 0.3) is 0 Å². The number of carbonyl (C=O) groups is 2. The summed E-state index contributed by atoms with van der Waals surface area (Å²) in [5, 5.41) is 6.13. The molecule has 1 aromatic heterocycles. The van der Waals surface area contributed by atoms with Crippen molar-refractivity contribution < 1.29 is 9.59 Å². The van der Waals surface area contributed by atoms with E-state index in [1.54, 1.807) is 6.20 Å². The van der Waals surface area contributed by atoms with Crippen LogP contribution in [0.2, 0.25) is 0 Å². The van der Waals surface area contributed by atoms with Crippen LogP contribution < -0.4 is 21.3 Å². The van der Waals surface area contributed by atoms with Crippen LogP contribution in [0.15, 0.2) is 43.1 Å². The van der Waals surface area contributed by atoms with Crippen molar-refractivity contribution in [2.24, 2.45) is 5.73 Å². The van der Waals surface area contributed by atoms with E-state index in [-0.39, 0.29) is 23.7 Å². The first-order valence-electron chi connectivity index (χ1n) is 9.59. The van der Waals surface area contributed by atoms with Gasteiger partial charge in [-0.05, 0) is 50.5 Å². The maximum Gasteiger partial charge on any atom is 0.271 e. The zero-order valence-electron chi connectivity index (χ0n) is 16.7. The van der Waals surface area contributed by atoms with Crippen LogP contribution in [0.3, 0.4) is 0 Å². The predicted molar refractivity (Wildman–Crippen MR) is 113 cm³/mol. The van der Waals surface area contributed by atoms with Gasteiger partial charge in [-0.3, -0.25) is 9.59 Å². The molecular weight excluding hydrogens is 368 g/mol. The van der Waals surface area contributed by atoms with Gasteiger partial charge in [0.25, 0.3) is 5.91 Å². The second-order valence-corrected chi connectivity index (χ2v) is 7.18. The number of anilines is 3. The van der Waals surface area contributed by atoms with Gasteiger partial charge in [0.2, 0.25) is 5.91 Å². The topological polar surface area (TPSA) is 113 Å². The number of carbonyl (C=O) groups excluding carboxylic acids is 2. The Morgan fingerprint density at radius 2 is 2.17 bits per heavy atom. The first-order valence-corrected chi connectivity index (χ1v) is 9.59. The highest BCUT2D eigenvalue weighted by Gasteiger charge is 2.30. The van der Waals surface area contributed by atoms with Crippen molar-refractivity contribution in [3.8, 4) is 0 Å². The average Bonchev–Trinajstić information content (AvgIpc) is 2.69.